The van der Waals surface area contributed by atoms with Crippen molar-refractivity contribution in [3.63, 3.8) is 0 Å². The summed E-state index contributed by atoms with van der Waals surface area (Å²) in [5.41, 5.74) is 2.26. The molecule has 0 aliphatic carbocycles. The van der Waals surface area contributed by atoms with E-state index < -0.39 is 0 Å². The Morgan fingerprint density at radius 2 is 1.48 bits per heavy atom. The van der Waals surface area contributed by atoms with Gasteiger partial charge in [-0.2, -0.15) is 0 Å². The zero-order valence-corrected chi connectivity index (χ0v) is 12.2. The Morgan fingerprint density at radius 1 is 0.857 bits per heavy atom. The maximum absolute atomic E-state index is 6.49. The highest BCUT2D eigenvalue weighted by Gasteiger charge is 2.51. The average Bonchev–Trinajstić information content (AvgIpc) is 2.97. The maximum Gasteiger partial charge on any atom is 0.135 e. The molecule has 0 spiro atoms. The van der Waals surface area contributed by atoms with Gasteiger partial charge in [0.25, 0.3) is 0 Å². The van der Waals surface area contributed by atoms with Crippen molar-refractivity contribution in [3.8, 4) is 0 Å². The van der Waals surface area contributed by atoms with Crippen LogP contribution in [-0.4, -0.2) is 24.2 Å². The monoisotopic (exact) mass is 279 g/mol. The predicted octanol–water partition coefficient (Wildman–Crippen LogP) is 3.77. The highest BCUT2D eigenvalue weighted by atomic mass is 16.5. The summed E-state index contributed by atoms with van der Waals surface area (Å²) in [5, 5.41) is 0. The SMILES string of the molecule is c1ccc(C2(c3ccccc3)OCN3CCCC[C@H]32)cc1. The van der Waals surface area contributed by atoms with E-state index in [-0.39, 0.29) is 5.60 Å². The highest BCUT2D eigenvalue weighted by molar-refractivity contribution is 5.40. The molecule has 0 unspecified atom stereocenters. The van der Waals surface area contributed by atoms with E-state index in [0.717, 1.165) is 13.3 Å². The van der Waals surface area contributed by atoms with E-state index in [9.17, 15) is 0 Å². The van der Waals surface area contributed by atoms with Gasteiger partial charge in [-0.05, 0) is 24.0 Å². The summed E-state index contributed by atoms with van der Waals surface area (Å²) in [6, 6.07) is 21.9. The molecule has 2 aliphatic heterocycles. The fourth-order valence-electron chi connectivity index (χ4n) is 3.98. The van der Waals surface area contributed by atoms with Crippen LogP contribution in [0.15, 0.2) is 60.7 Å². The van der Waals surface area contributed by atoms with Crippen LogP contribution in [0.1, 0.15) is 30.4 Å². The van der Waals surface area contributed by atoms with E-state index in [0.29, 0.717) is 6.04 Å². The second-order valence-corrected chi connectivity index (χ2v) is 6.07. The van der Waals surface area contributed by atoms with Crippen LogP contribution < -0.4 is 0 Å². The first kappa shape index (κ1) is 13.1. The smallest absolute Gasteiger partial charge is 0.135 e. The first-order chi connectivity index (χ1) is 10.4. The Hall–Kier alpha value is -1.64. The summed E-state index contributed by atoms with van der Waals surface area (Å²) in [5.74, 6) is 0. The fraction of sp³-hybridized carbons (Fsp3) is 0.368. The van der Waals surface area contributed by atoms with Crippen LogP contribution in [0.3, 0.4) is 0 Å². The van der Waals surface area contributed by atoms with Crippen LogP contribution in [0.2, 0.25) is 0 Å². The van der Waals surface area contributed by atoms with Crippen molar-refractivity contribution in [2.24, 2.45) is 0 Å². The molecule has 21 heavy (non-hydrogen) atoms. The standard InChI is InChI=1S/C19H21NO/c1-3-9-16(10-4-1)19(17-11-5-2-6-12-17)18-13-7-8-14-20(18)15-21-19/h1-6,9-12,18H,7-8,13-15H2/t18-/m0/s1. The molecular formula is C19H21NO. The quantitative estimate of drug-likeness (QED) is 0.829. The Labute approximate surface area is 126 Å². The Morgan fingerprint density at radius 3 is 2.10 bits per heavy atom. The molecule has 0 bridgehead atoms. The van der Waals surface area contributed by atoms with Gasteiger partial charge in [-0.3, -0.25) is 4.90 Å². The van der Waals surface area contributed by atoms with Gasteiger partial charge < -0.3 is 4.74 Å². The van der Waals surface area contributed by atoms with Crippen molar-refractivity contribution in [3.05, 3.63) is 71.8 Å². The third-order valence-electron chi connectivity index (χ3n) is 4.95. The van der Waals surface area contributed by atoms with Gasteiger partial charge in [-0.25, -0.2) is 0 Å². The summed E-state index contributed by atoms with van der Waals surface area (Å²) in [6.45, 7) is 1.90. The first-order valence-corrected chi connectivity index (χ1v) is 7.90. The molecule has 2 fully saturated rings. The fourth-order valence-corrected chi connectivity index (χ4v) is 3.98. The van der Waals surface area contributed by atoms with Gasteiger partial charge in [0, 0.05) is 12.6 Å². The molecule has 0 aromatic heterocycles. The number of hydrogen-bond acceptors (Lipinski definition) is 2. The molecule has 4 rings (SSSR count). The molecule has 2 aromatic carbocycles. The number of ether oxygens (including phenoxy) is 1. The number of piperidine rings is 1. The third-order valence-corrected chi connectivity index (χ3v) is 4.95. The molecule has 2 nitrogen and oxygen atoms in total. The normalized spacial score (nSPS) is 24.7. The number of rotatable bonds is 2. The second kappa shape index (κ2) is 5.28. The zero-order chi connectivity index (χ0) is 14.1. The molecule has 108 valence electrons. The topological polar surface area (TPSA) is 12.5 Å². The Bertz CT molecular complexity index is 556. The van der Waals surface area contributed by atoms with E-state index in [1.165, 1.54) is 30.4 Å². The van der Waals surface area contributed by atoms with Gasteiger partial charge in [0.2, 0.25) is 0 Å². The van der Waals surface area contributed by atoms with Gasteiger partial charge >= 0.3 is 0 Å². The van der Waals surface area contributed by atoms with E-state index in [4.69, 9.17) is 4.74 Å². The van der Waals surface area contributed by atoms with E-state index in [1.54, 1.807) is 0 Å². The number of fused-ring (bicyclic) bond motifs is 1. The lowest BCUT2D eigenvalue weighted by molar-refractivity contribution is 0.0235. The molecule has 0 amide bonds. The van der Waals surface area contributed by atoms with Crippen molar-refractivity contribution < 1.29 is 4.74 Å². The van der Waals surface area contributed by atoms with Gasteiger partial charge in [-0.1, -0.05) is 67.1 Å². The molecule has 1 atom stereocenters. The molecule has 2 heterocycles. The average molecular weight is 279 g/mol. The second-order valence-electron chi connectivity index (χ2n) is 6.07. The van der Waals surface area contributed by atoms with Gasteiger partial charge in [0.15, 0.2) is 0 Å². The summed E-state index contributed by atoms with van der Waals surface area (Å²) in [7, 11) is 0. The van der Waals surface area contributed by atoms with Gasteiger partial charge in [0.1, 0.15) is 12.3 Å². The first-order valence-electron chi connectivity index (χ1n) is 7.90. The minimum atomic E-state index is -0.303. The van der Waals surface area contributed by atoms with Crippen LogP contribution in [0.5, 0.6) is 0 Å². The minimum absolute atomic E-state index is 0.303. The zero-order valence-electron chi connectivity index (χ0n) is 12.2. The molecule has 2 aromatic rings. The summed E-state index contributed by atoms with van der Waals surface area (Å²) in [4.78, 5) is 2.52. The summed E-state index contributed by atoms with van der Waals surface area (Å²) >= 11 is 0. The van der Waals surface area contributed by atoms with E-state index >= 15 is 0 Å². The molecule has 2 aliphatic rings. The lowest BCUT2D eigenvalue weighted by Crippen LogP contribution is -2.46. The number of hydrogen-bond donors (Lipinski definition) is 0. The molecule has 2 heteroatoms. The summed E-state index contributed by atoms with van der Waals surface area (Å²) < 4.78 is 6.49. The lowest BCUT2D eigenvalue weighted by atomic mass is 9.77. The van der Waals surface area contributed by atoms with E-state index in [2.05, 4.69) is 65.6 Å². The van der Waals surface area contributed by atoms with Crippen LogP contribution in [0, 0.1) is 0 Å². The van der Waals surface area contributed by atoms with Gasteiger partial charge in [0.05, 0.1) is 0 Å². The number of benzene rings is 2. The Kier molecular flexibility index (Phi) is 3.28. The largest absolute Gasteiger partial charge is 0.348 e. The van der Waals surface area contributed by atoms with Crippen molar-refractivity contribution in [1.29, 1.82) is 0 Å². The molecular weight excluding hydrogens is 258 g/mol. The van der Waals surface area contributed by atoms with Crippen molar-refractivity contribution >= 4 is 0 Å². The van der Waals surface area contributed by atoms with Crippen LogP contribution >= 0.6 is 0 Å². The predicted molar refractivity (Wildman–Crippen MR) is 84.0 cm³/mol. The van der Waals surface area contributed by atoms with Crippen LogP contribution in [-0.2, 0) is 10.3 Å². The van der Waals surface area contributed by atoms with Crippen molar-refractivity contribution in [2.45, 2.75) is 30.9 Å². The van der Waals surface area contributed by atoms with Gasteiger partial charge in [-0.15, -0.1) is 0 Å². The number of nitrogens with zero attached hydrogens (tertiary/aromatic N) is 1. The van der Waals surface area contributed by atoms with Crippen LogP contribution in [0.25, 0.3) is 0 Å². The van der Waals surface area contributed by atoms with E-state index in [1.807, 2.05) is 0 Å². The van der Waals surface area contributed by atoms with Crippen molar-refractivity contribution in [2.75, 3.05) is 13.3 Å². The molecule has 2 saturated heterocycles. The van der Waals surface area contributed by atoms with Crippen LogP contribution in [0.4, 0.5) is 0 Å². The molecule has 0 radical (unpaired) electrons. The van der Waals surface area contributed by atoms with Crippen molar-refractivity contribution in [1.82, 2.24) is 4.90 Å². The highest BCUT2D eigenvalue weighted by Crippen LogP contribution is 2.46. The summed E-state index contributed by atoms with van der Waals surface area (Å²) in [6.07, 6.45) is 3.80. The lowest BCUT2D eigenvalue weighted by Gasteiger charge is -2.39. The Balaban J connectivity index is 1.87. The minimum Gasteiger partial charge on any atom is -0.348 e. The third kappa shape index (κ3) is 2.02. The molecule has 0 saturated carbocycles. The molecule has 0 N–H and O–H groups in total. The maximum atomic E-state index is 6.49.